The number of phenols is 1. The van der Waals surface area contributed by atoms with E-state index in [9.17, 15) is 5.11 Å². The van der Waals surface area contributed by atoms with Gasteiger partial charge in [0, 0.05) is 18.0 Å². The van der Waals surface area contributed by atoms with Gasteiger partial charge in [-0.2, -0.15) is 4.98 Å². The average molecular weight is 254 g/mol. The summed E-state index contributed by atoms with van der Waals surface area (Å²) in [6, 6.07) is 5.08. The Balaban J connectivity index is 2.02. The van der Waals surface area contributed by atoms with Crippen molar-refractivity contribution in [3.05, 3.63) is 42.4 Å². The molecule has 0 aliphatic rings. The molecule has 0 fully saturated rings. The molecule has 0 aliphatic heterocycles. The molecule has 3 aromatic rings. The van der Waals surface area contributed by atoms with E-state index in [0.29, 0.717) is 23.0 Å². The summed E-state index contributed by atoms with van der Waals surface area (Å²) in [5, 5.41) is 13.4. The number of rotatable bonds is 2. The van der Waals surface area contributed by atoms with Crippen molar-refractivity contribution in [1.29, 1.82) is 0 Å². The Kier molecular flexibility index (Phi) is 2.68. The second-order valence-electron chi connectivity index (χ2n) is 4.07. The number of phenolic OH excluding ortho intramolecular Hbond substituents is 1. The van der Waals surface area contributed by atoms with Crippen LogP contribution in [0.5, 0.6) is 5.75 Å². The summed E-state index contributed by atoms with van der Waals surface area (Å²) in [6.07, 6.45) is 4.69. The maximum absolute atomic E-state index is 9.57. The van der Waals surface area contributed by atoms with Crippen molar-refractivity contribution in [2.75, 3.05) is 0 Å². The first-order valence-corrected chi connectivity index (χ1v) is 5.63. The number of benzene rings is 1. The van der Waals surface area contributed by atoms with Crippen LogP contribution in [0.1, 0.15) is 5.56 Å². The van der Waals surface area contributed by atoms with Crippen LogP contribution in [0.3, 0.4) is 0 Å². The van der Waals surface area contributed by atoms with Gasteiger partial charge in [-0.05, 0) is 30.7 Å². The van der Waals surface area contributed by atoms with Crippen LogP contribution < -0.4 is 0 Å². The Bertz CT molecular complexity index is 689. The van der Waals surface area contributed by atoms with Gasteiger partial charge in [-0.25, -0.2) is 4.98 Å². The van der Waals surface area contributed by atoms with E-state index in [1.54, 1.807) is 30.7 Å². The molecule has 6 heteroatoms. The Labute approximate surface area is 108 Å². The van der Waals surface area contributed by atoms with E-state index in [1.165, 1.54) is 0 Å². The lowest BCUT2D eigenvalue weighted by Crippen LogP contribution is -1.86. The van der Waals surface area contributed by atoms with Crippen LogP contribution in [0.2, 0.25) is 0 Å². The normalized spacial score (nSPS) is 10.6. The highest BCUT2D eigenvalue weighted by atomic mass is 16.5. The van der Waals surface area contributed by atoms with E-state index < -0.39 is 0 Å². The zero-order valence-electron chi connectivity index (χ0n) is 10.1. The first-order chi connectivity index (χ1) is 9.22. The molecule has 0 saturated carbocycles. The molecule has 0 atom stereocenters. The fraction of sp³-hybridized carbons (Fsp3) is 0.0769. The predicted octanol–water partition coefficient (Wildman–Crippen LogP) is 2.21. The molecule has 0 bridgehead atoms. The van der Waals surface area contributed by atoms with E-state index >= 15 is 0 Å². The molecule has 0 saturated heterocycles. The summed E-state index contributed by atoms with van der Waals surface area (Å²) < 4.78 is 5.18. The second kappa shape index (κ2) is 4.49. The molecule has 6 nitrogen and oxygen atoms in total. The molecule has 0 aliphatic carbocycles. The highest BCUT2D eigenvalue weighted by Crippen LogP contribution is 2.25. The zero-order chi connectivity index (χ0) is 13.2. The number of hydrogen-bond acceptors (Lipinski definition) is 6. The monoisotopic (exact) mass is 254 g/mol. The van der Waals surface area contributed by atoms with Crippen molar-refractivity contribution in [2.24, 2.45) is 0 Å². The van der Waals surface area contributed by atoms with Crippen molar-refractivity contribution in [2.45, 2.75) is 6.92 Å². The highest BCUT2D eigenvalue weighted by molar-refractivity contribution is 5.59. The molecular formula is C13H10N4O2. The van der Waals surface area contributed by atoms with Crippen LogP contribution in [0.25, 0.3) is 23.0 Å². The molecule has 0 unspecified atom stereocenters. The van der Waals surface area contributed by atoms with Crippen molar-refractivity contribution >= 4 is 0 Å². The van der Waals surface area contributed by atoms with Crippen LogP contribution in [0, 0.1) is 6.92 Å². The van der Waals surface area contributed by atoms with Gasteiger partial charge in [0.25, 0.3) is 5.89 Å². The molecule has 2 aromatic heterocycles. The van der Waals surface area contributed by atoms with Gasteiger partial charge in [-0.1, -0.05) is 5.16 Å². The third-order valence-electron chi connectivity index (χ3n) is 2.53. The summed E-state index contributed by atoms with van der Waals surface area (Å²) in [7, 11) is 0. The molecule has 0 radical (unpaired) electrons. The highest BCUT2D eigenvalue weighted by Gasteiger charge is 2.12. The van der Waals surface area contributed by atoms with E-state index in [-0.39, 0.29) is 5.75 Å². The number of aromatic hydroxyl groups is 1. The van der Waals surface area contributed by atoms with Crippen LogP contribution in [-0.2, 0) is 0 Å². The maximum Gasteiger partial charge on any atom is 0.258 e. The summed E-state index contributed by atoms with van der Waals surface area (Å²) in [6.45, 7) is 1.88. The smallest absolute Gasteiger partial charge is 0.258 e. The largest absolute Gasteiger partial charge is 0.508 e. The maximum atomic E-state index is 9.57. The number of hydrogen-bond donors (Lipinski definition) is 1. The topological polar surface area (TPSA) is 84.9 Å². The van der Waals surface area contributed by atoms with E-state index in [1.807, 2.05) is 13.0 Å². The zero-order valence-corrected chi connectivity index (χ0v) is 10.1. The van der Waals surface area contributed by atoms with Crippen LogP contribution >= 0.6 is 0 Å². The molecule has 0 spiro atoms. The summed E-state index contributed by atoms with van der Waals surface area (Å²) in [5.41, 5.74) is 2.11. The Morgan fingerprint density at radius 3 is 2.79 bits per heavy atom. The minimum absolute atomic E-state index is 0.161. The van der Waals surface area contributed by atoms with E-state index in [4.69, 9.17) is 4.52 Å². The summed E-state index contributed by atoms with van der Waals surface area (Å²) in [5.74, 6) is 0.859. The number of aromatic nitrogens is 4. The predicted molar refractivity (Wildman–Crippen MR) is 67.2 cm³/mol. The van der Waals surface area contributed by atoms with Gasteiger partial charge >= 0.3 is 0 Å². The lowest BCUT2D eigenvalue weighted by Gasteiger charge is -1.98. The van der Waals surface area contributed by atoms with Gasteiger partial charge in [-0.3, -0.25) is 4.98 Å². The minimum atomic E-state index is 0.161. The van der Waals surface area contributed by atoms with Crippen molar-refractivity contribution < 1.29 is 9.63 Å². The van der Waals surface area contributed by atoms with Crippen LogP contribution in [0.4, 0.5) is 0 Å². The molecular weight excluding hydrogens is 244 g/mol. The van der Waals surface area contributed by atoms with Crippen LogP contribution in [-0.4, -0.2) is 25.2 Å². The molecule has 19 heavy (non-hydrogen) atoms. The lowest BCUT2D eigenvalue weighted by molar-refractivity contribution is 0.431. The molecule has 1 N–H and O–H groups in total. The summed E-state index contributed by atoms with van der Waals surface area (Å²) >= 11 is 0. The fourth-order valence-electron chi connectivity index (χ4n) is 1.75. The fourth-order valence-corrected chi connectivity index (χ4v) is 1.75. The Hall–Kier alpha value is -2.76. The van der Waals surface area contributed by atoms with Gasteiger partial charge in [0.1, 0.15) is 11.4 Å². The molecule has 3 rings (SSSR count). The molecule has 2 heterocycles. The Morgan fingerprint density at radius 1 is 1.16 bits per heavy atom. The number of nitrogens with zero attached hydrogens (tertiary/aromatic N) is 4. The van der Waals surface area contributed by atoms with Crippen molar-refractivity contribution in [3.8, 4) is 28.7 Å². The van der Waals surface area contributed by atoms with Gasteiger partial charge < -0.3 is 9.63 Å². The quantitative estimate of drug-likeness (QED) is 0.754. The standard InChI is InChI=1S/C13H10N4O2/c1-8-4-9(6-10(18)5-8)13-16-12(17-19-13)11-7-14-2-3-15-11/h2-7,18H,1H3. The van der Waals surface area contributed by atoms with E-state index in [0.717, 1.165) is 5.56 Å². The molecule has 0 amide bonds. The number of aryl methyl sites for hydroxylation is 1. The molecule has 1 aromatic carbocycles. The average Bonchev–Trinajstić information content (AvgIpc) is 2.88. The first kappa shape index (κ1) is 11.3. The molecule has 94 valence electrons. The van der Waals surface area contributed by atoms with Gasteiger partial charge in [0.2, 0.25) is 5.82 Å². The van der Waals surface area contributed by atoms with Crippen LogP contribution in [0.15, 0.2) is 41.3 Å². The van der Waals surface area contributed by atoms with Gasteiger partial charge in [-0.15, -0.1) is 0 Å². The van der Waals surface area contributed by atoms with E-state index in [2.05, 4.69) is 20.1 Å². The third kappa shape index (κ3) is 2.28. The first-order valence-electron chi connectivity index (χ1n) is 5.63. The SMILES string of the molecule is Cc1cc(O)cc(-c2nc(-c3cnccn3)no2)c1. The Morgan fingerprint density at radius 2 is 2.05 bits per heavy atom. The summed E-state index contributed by atoms with van der Waals surface area (Å²) in [4.78, 5) is 12.3. The second-order valence-corrected chi connectivity index (χ2v) is 4.07. The van der Waals surface area contributed by atoms with Crippen molar-refractivity contribution in [1.82, 2.24) is 20.1 Å². The van der Waals surface area contributed by atoms with Gasteiger partial charge in [0.05, 0.1) is 6.20 Å². The third-order valence-corrected chi connectivity index (χ3v) is 2.53. The minimum Gasteiger partial charge on any atom is -0.508 e. The van der Waals surface area contributed by atoms with Crippen molar-refractivity contribution in [3.63, 3.8) is 0 Å². The lowest BCUT2D eigenvalue weighted by atomic mass is 10.1. The van der Waals surface area contributed by atoms with Gasteiger partial charge in [0.15, 0.2) is 0 Å².